The van der Waals surface area contributed by atoms with Gasteiger partial charge in [0.25, 0.3) is 0 Å². The van der Waals surface area contributed by atoms with E-state index >= 15 is 0 Å². The number of hydrogen-bond donors (Lipinski definition) is 3. The summed E-state index contributed by atoms with van der Waals surface area (Å²) >= 11 is 0. The van der Waals surface area contributed by atoms with E-state index in [2.05, 4.69) is 31.0 Å². The van der Waals surface area contributed by atoms with Crippen molar-refractivity contribution in [1.29, 1.82) is 0 Å². The highest BCUT2D eigenvalue weighted by Gasteiger charge is 2.44. The van der Waals surface area contributed by atoms with Crippen molar-refractivity contribution in [1.82, 2.24) is 25.7 Å². The van der Waals surface area contributed by atoms with Crippen LogP contribution in [0.1, 0.15) is 42.5 Å². The van der Waals surface area contributed by atoms with Gasteiger partial charge in [0.05, 0.1) is 6.04 Å². The average molecular weight is 410 g/mol. The Bertz CT molecular complexity index is 956. The minimum Gasteiger partial charge on any atom is -0.425 e. The molecule has 0 bridgehead atoms. The van der Waals surface area contributed by atoms with E-state index in [0.29, 0.717) is 37.7 Å². The second kappa shape index (κ2) is 7.71. The number of fused-ring (bicyclic) bond motifs is 1. The van der Waals surface area contributed by atoms with Crippen LogP contribution in [-0.4, -0.2) is 58.3 Å². The molecule has 1 aliphatic carbocycles. The molecule has 2 aliphatic heterocycles. The normalized spacial score (nSPS) is 26.2. The summed E-state index contributed by atoms with van der Waals surface area (Å²) in [5.41, 5.74) is 1.78. The molecule has 0 spiro atoms. The van der Waals surface area contributed by atoms with Gasteiger partial charge in [-0.25, -0.2) is 4.79 Å². The first-order valence-electron chi connectivity index (χ1n) is 10.6. The molecule has 1 aromatic carbocycles. The molecule has 2 saturated heterocycles. The zero-order valence-electron chi connectivity index (χ0n) is 16.9. The number of carbonyl (C=O) groups is 2. The molecule has 3 atom stereocenters. The maximum Gasteiger partial charge on any atom is 0.319 e. The fourth-order valence-electron chi connectivity index (χ4n) is 4.37. The van der Waals surface area contributed by atoms with Crippen molar-refractivity contribution in [3.63, 3.8) is 0 Å². The molecule has 3 aliphatic rings. The number of benzene rings is 1. The van der Waals surface area contributed by atoms with Gasteiger partial charge in [0.2, 0.25) is 17.7 Å². The first-order valence-corrected chi connectivity index (χ1v) is 10.6. The number of carbonyl (C=O) groups excluding carboxylic acids is 2. The zero-order valence-corrected chi connectivity index (χ0v) is 16.9. The Kier molecular flexibility index (Phi) is 4.90. The van der Waals surface area contributed by atoms with Crippen molar-refractivity contribution >= 4 is 17.6 Å². The molecule has 1 aromatic heterocycles. The maximum atomic E-state index is 12.5. The number of nitrogens with zero attached hydrogens (tertiary/aromatic N) is 3. The minimum atomic E-state index is -0.253. The van der Waals surface area contributed by atoms with Gasteiger partial charge in [-0.15, -0.1) is 10.2 Å². The Morgan fingerprint density at radius 3 is 2.93 bits per heavy atom. The summed E-state index contributed by atoms with van der Waals surface area (Å²) in [5.74, 6) is 1.79. The van der Waals surface area contributed by atoms with Crippen LogP contribution in [-0.2, 0) is 11.2 Å². The van der Waals surface area contributed by atoms with Crippen molar-refractivity contribution < 1.29 is 14.0 Å². The Morgan fingerprint density at radius 2 is 2.13 bits per heavy atom. The van der Waals surface area contributed by atoms with Crippen molar-refractivity contribution in [2.24, 2.45) is 0 Å². The summed E-state index contributed by atoms with van der Waals surface area (Å²) in [6, 6.07) is 7.11. The third kappa shape index (κ3) is 3.89. The molecule has 1 saturated carbocycles. The van der Waals surface area contributed by atoms with Gasteiger partial charge in [0, 0.05) is 43.2 Å². The number of rotatable bonds is 5. The summed E-state index contributed by atoms with van der Waals surface area (Å²) in [6.45, 7) is 3.11. The van der Waals surface area contributed by atoms with E-state index in [1.807, 2.05) is 31.2 Å². The molecule has 3 amide bonds. The number of nitrogens with one attached hydrogen (secondary N) is 3. The highest BCUT2D eigenvalue weighted by atomic mass is 16.4. The molecule has 3 heterocycles. The minimum absolute atomic E-state index is 0.0130. The molecule has 2 aromatic rings. The first kappa shape index (κ1) is 19.0. The molecule has 0 radical (unpaired) electrons. The molecule has 0 unspecified atom stereocenters. The van der Waals surface area contributed by atoms with E-state index < -0.39 is 0 Å². The van der Waals surface area contributed by atoms with Crippen LogP contribution in [0.3, 0.4) is 0 Å². The van der Waals surface area contributed by atoms with Gasteiger partial charge in [-0.2, -0.15) is 0 Å². The van der Waals surface area contributed by atoms with Gasteiger partial charge in [0.1, 0.15) is 0 Å². The molecule has 9 nitrogen and oxygen atoms in total. The molecular formula is C21H26N6O3. The number of urea groups is 1. The van der Waals surface area contributed by atoms with Crippen LogP contribution in [0, 0.1) is 6.92 Å². The zero-order chi connectivity index (χ0) is 20.7. The van der Waals surface area contributed by atoms with Crippen molar-refractivity contribution in [2.75, 3.05) is 18.4 Å². The molecule has 30 heavy (non-hydrogen) atoms. The van der Waals surface area contributed by atoms with Crippen LogP contribution in [0.15, 0.2) is 28.7 Å². The maximum absolute atomic E-state index is 12.5. The summed E-state index contributed by atoms with van der Waals surface area (Å²) in [5, 5.41) is 17.3. The molecule has 3 N–H and O–H groups in total. The summed E-state index contributed by atoms with van der Waals surface area (Å²) in [6.07, 6.45) is 3.42. The highest BCUT2D eigenvalue weighted by molar-refractivity contribution is 5.90. The van der Waals surface area contributed by atoms with Crippen LogP contribution in [0.25, 0.3) is 0 Å². The molecule has 158 valence electrons. The Morgan fingerprint density at radius 1 is 1.30 bits per heavy atom. The summed E-state index contributed by atoms with van der Waals surface area (Å²) < 4.78 is 5.81. The average Bonchev–Trinajstić information content (AvgIpc) is 3.31. The lowest BCUT2D eigenvalue weighted by Crippen LogP contribution is -2.58. The van der Waals surface area contributed by atoms with Crippen LogP contribution < -0.4 is 16.0 Å². The lowest BCUT2D eigenvalue weighted by Gasteiger charge is -2.36. The van der Waals surface area contributed by atoms with Crippen LogP contribution in [0.4, 0.5) is 10.5 Å². The standard InChI is InChI=1S/C21H26N6O3/c1-12-4-2-3-5-16(12)24-21(29)23-14-8-17-19(28)22-10-15(27(17)11-14)9-18-25-26-20(30-18)13-6-7-13/h2-5,13-15,17H,6-11H2,1H3,(H,22,28)(H2,23,24,29)/t14-,15+,17-/m0/s1. The Labute approximate surface area is 174 Å². The fourth-order valence-corrected chi connectivity index (χ4v) is 4.37. The van der Waals surface area contributed by atoms with Crippen LogP contribution in [0.2, 0.25) is 0 Å². The Balaban J connectivity index is 1.21. The van der Waals surface area contributed by atoms with Gasteiger partial charge in [-0.3, -0.25) is 9.69 Å². The molecular weight excluding hydrogens is 384 g/mol. The second-order valence-corrected chi connectivity index (χ2v) is 8.47. The fraction of sp³-hybridized carbons (Fsp3) is 0.524. The van der Waals surface area contributed by atoms with Gasteiger partial charge in [-0.05, 0) is 37.8 Å². The topological polar surface area (TPSA) is 112 Å². The van der Waals surface area contributed by atoms with Crippen molar-refractivity contribution in [3.05, 3.63) is 41.6 Å². The first-order chi connectivity index (χ1) is 14.6. The van der Waals surface area contributed by atoms with Crippen LogP contribution >= 0.6 is 0 Å². The van der Waals surface area contributed by atoms with E-state index in [1.165, 1.54) is 0 Å². The van der Waals surface area contributed by atoms with E-state index in [0.717, 1.165) is 30.0 Å². The summed E-state index contributed by atoms with van der Waals surface area (Å²) in [7, 11) is 0. The number of amides is 3. The van der Waals surface area contributed by atoms with Gasteiger partial charge in [0.15, 0.2) is 0 Å². The van der Waals surface area contributed by atoms with E-state index in [4.69, 9.17) is 4.42 Å². The van der Waals surface area contributed by atoms with Crippen molar-refractivity contribution in [2.45, 2.75) is 56.7 Å². The van der Waals surface area contributed by atoms with Gasteiger partial charge in [-0.1, -0.05) is 18.2 Å². The SMILES string of the molecule is Cc1ccccc1NC(=O)N[C@H]1C[C@H]2C(=O)NC[C@@H](Cc3nnc(C4CC4)o3)N2C1. The number of anilines is 1. The van der Waals surface area contributed by atoms with E-state index in [-0.39, 0.29) is 30.1 Å². The largest absolute Gasteiger partial charge is 0.425 e. The van der Waals surface area contributed by atoms with Crippen LogP contribution in [0.5, 0.6) is 0 Å². The Hall–Kier alpha value is -2.94. The number of hydrogen-bond acceptors (Lipinski definition) is 6. The highest BCUT2D eigenvalue weighted by Crippen LogP contribution is 2.39. The lowest BCUT2D eigenvalue weighted by atomic mass is 10.1. The monoisotopic (exact) mass is 410 g/mol. The molecule has 3 fully saturated rings. The summed E-state index contributed by atoms with van der Waals surface area (Å²) in [4.78, 5) is 27.1. The second-order valence-electron chi connectivity index (χ2n) is 8.47. The predicted octanol–water partition coefficient (Wildman–Crippen LogP) is 1.56. The molecule has 9 heteroatoms. The lowest BCUT2D eigenvalue weighted by molar-refractivity contribution is -0.129. The number of piperazine rings is 1. The van der Waals surface area contributed by atoms with E-state index in [1.54, 1.807) is 0 Å². The smallest absolute Gasteiger partial charge is 0.319 e. The number of para-hydroxylation sites is 1. The van der Waals surface area contributed by atoms with Crippen molar-refractivity contribution in [3.8, 4) is 0 Å². The predicted molar refractivity (Wildman–Crippen MR) is 109 cm³/mol. The third-order valence-corrected chi connectivity index (χ3v) is 6.17. The number of aryl methyl sites for hydroxylation is 1. The third-order valence-electron chi connectivity index (χ3n) is 6.17. The number of aromatic nitrogens is 2. The van der Waals surface area contributed by atoms with Gasteiger partial charge >= 0.3 is 6.03 Å². The van der Waals surface area contributed by atoms with Gasteiger partial charge < -0.3 is 20.4 Å². The molecule has 5 rings (SSSR count). The quantitative estimate of drug-likeness (QED) is 0.690. The van der Waals surface area contributed by atoms with E-state index in [9.17, 15) is 9.59 Å².